The smallest absolute Gasteiger partial charge is 0.376 e. The first-order valence-corrected chi connectivity index (χ1v) is 6.36. The van der Waals surface area contributed by atoms with Crippen molar-refractivity contribution in [1.29, 1.82) is 0 Å². The van der Waals surface area contributed by atoms with Gasteiger partial charge in [-0.1, -0.05) is 11.6 Å². The first-order chi connectivity index (χ1) is 9.47. The third-order valence-electron chi connectivity index (χ3n) is 3.17. The highest BCUT2D eigenvalue weighted by Crippen LogP contribution is 2.31. The molecule has 0 bridgehead atoms. The van der Waals surface area contributed by atoms with Crippen LogP contribution in [0.25, 0.3) is 5.69 Å². The third kappa shape index (κ3) is 2.29. The van der Waals surface area contributed by atoms with Gasteiger partial charge >= 0.3 is 6.18 Å². The zero-order chi connectivity index (χ0) is 14.3. The minimum absolute atomic E-state index is 0.384. The number of alkyl halides is 3. The summed E-state index contributed by atoms with van der Waals surface area (Å²) in [6.45, 7) is 0.960. The molecule has 0 unspecified atom stereocenters. The molecule has 1 aromatic carbocycles. The van der Waals surface area contributed by atoms with E-state index in [0.29, 0.717) is 30.5 Å². The molecule has 0 amide bonds. The van der Waals surface area contributed by atoms with Crippen molar-refractivity contribution in [3.63, 3.8) is 0 Å². The lowest BCUT2D eigenvalue weighted by Gasteiger charge is -2.09. The first kappa shape index (κ1) is 13.5. The second-order valence-electron chi connectivity index (χ2n) is 4.48. The summed E-state index contributed by atoms with van der Waals surface area (Å²) in [7, 11) is 0. The predicted molar refractivity (Wildman–Crippen MR) is 66.9 cm³/mol. The van der Waals surface area contributed by atoms with Crippen LogP contribution in [0.3, 0.4) is 0 Å². The highest BCUT2D eigenvalue weighted by atomic mass is 35.5. The van der Waals surface area contributed by atoms with Crippen LogP contribution in [0.1, 0.15) is 16.8 Å². The minimum Gasteiger partial charge on any atom is -0.376 e. The molecule has 0 N–H and O–H groups in total. The van der Waals surface area contributed by atoms with Gasteiger partial charge in [0.25, 0.3) is 0 Å². The summed E-state index contributed by atoms with van der Waals surface area (Å²) >= 11 is 6.20. The maximum absolute atomic E-state index is 12.5. The van der Waals surface area contributed by atoms with Crippen molar-refractivity contribution in [3.05, 3.63) is 46.2 Å². The van der Waals surface area contributed by atoms with Crippen molar-refractivity contribution in [2.45, 2.75) is 19.2 Å². The van der Waals surface area contributed by atoms with Crippen LogP contribution < -0.4 is 0 Å². The number of fused-ring (bicyclic) bond motifs is 1. The molecule has 0 aliphatic carbocycles. The molecule has 1 aliphatic heterocycles. The van der Waals surface area contributed by atoms with Crippen molar-refractivity contribution < 1.29 is 17.9 Å². The summed E-state index contributed by atoms with van der Waals surface area (Å²) in [5.41, 5.74) is 1.44. The SMILES string of the molecule is FC(F)(F)c1ccc(-n2nc3c(c2Cl)COCC3)cc1. The number of rotatable bonds is 1. The van der Waals surface area contributed by atoms with Crippen LogP contribution in [-0.2, 0) is 23.9 Å². The summed E-state index contributed by atoms with van der Waals surface area (Å²) < 4.78 is 44.3. The third-order valence-corrected chi connectivity index (χ3v) is 3.56. The van der Waals surface area contributed by atoms with E-state index in [0.717, 1.165) is 23.4 Å². The Bertz CT molecular complexity index is 634. The molecule has 0 saturated carbocycles. The molecule has 20 heavy (non-hydrogen) atoms. The molecule has 1 aromatic heterocycles. The monoisotopic (exact) mass is 302 g/mol. The van der Waals surface area contributed by atoms with Crippen LogP contribution in [0.15, 0.2) is 24.3 Å². The molecule has 0 radical (unpaired) electrons. The number of benzene rings is 1. The average molecular weight is 303 g/mol. The van der Waals surface area contributed by atoms with Crippen LogP contribution in [0.5, 0.6) is 0 Å². The number of ether oxygens (including phenoxy) is 1. The second-order valence-corrected chi connectivity index (χ2v) is 4.83. The van der Waals surface area contributed by atoms with Gasteiger partial charge < -0.3 is 4.74 Å². The fourth-order valence-corrected chi connectivity index (χ4v) is 2.42. The van der Waals surface area contributed by atoms with E-state index < -0.39 is 11.7 Å². The van der Waals surface area contributed by atoms with E-state index >= 15 is 0 Å². The maximum Gasteiger partial charge on any atom is 0.416 e. The van der Waals surface area contributed by atoms with Gasteiger partial charge in [0.05, 0.1) is 30.2 Å². The van der Waals surface area contributed by atoms with Crippen molar-refractivity contribution in [2.75, 3.05) is 6.61 Å². The first-order valence-electron chi connectivity index (χ1n) is 5.98. The molecule has 2 heterocycles. The molecule has 0 spiro atoms. The summed E-state index contributed by atoms with van der Waals surface area (Å²) in [4.78, 5) is 0. The summed E-state index contributed by atoms with van der Waals surface area (Å²) in [5, 5.41) is 4.72. The van der Waals surface area contributed by atoms with Gasteiger partial charge in [0.2, 0.25) is 0 Å². The number of hydrogen-bond donors (Lipinski definition) is 0. The van der Waals surface area contributed by atoms with E-state index in [1.807, 2.05) is 0 Å². The Morgan fingerprint density at radius 3 is 2.50 bits per heavy atom. The van der Waals surface area contributed by atoms with Gasteiger partial charge in [-0.25, -0.2) is 4.68 Å². The highest BCUT2D eigenvalue weighted by molar-refractivity contribution is 6.30. The van der Waals surface area contributed by atoms with Crippen LogP contribution in [-0.4, -0.2) is 16.4 Å². The van der Waals surface area contributed by atoms with Gasteiger partial charge in [-0.2, -0.15) is 18.3 Å². The predicted octanol–water partition coefficient (Wildman–Crippen LogP) is 3.62. The Labute approximate surface area is 117 Å². The van der Waals surface area contributed by atoms with E-state index in [1.54, 1.807) is 0 Å². The van der Waals surface area contributed by atoms with Crippen LogP contribution >= 0.6 is 11.6 Å². The minimum atomic E-state index is -4.35. The Balaban J connectivity index is 1.99. The van der Waals surface area contributed by atoms with Crippen molar-refractivity contribution in [3.8, 4) is 5.69 Å². The second kappa shape index (κ2) is 4.79. The normalized spacial score (nSPS) is 15.2. The lowest BCUT2D eigenvalue weighted by molar-refractivity contribution is -0.137. The summed E-state index contributed by atoms with van der Waals surface area (Å²) in [6.07, 6.45) is -3.69. The van der Waals surface area contributed by atoms with E-state index in [1.165, 1.54) is 16.8 Å². The molecule has 0 atom stereocenters. The zero-order valence-electron chi connectivity index (χ0n) is 10.2. The van der Waals surface area contributed by atoms with Crippen molar-refractivity contribution in [1.82, 2.24) is 9.78 Å². The average Bonchev–Trinajstić information content (AvgIpc) is 2.76. The molecular weight excluding hydrogens is 293 g/mol. The molecule has 7 heteroatoms. The lowest BCUT2D eigenvalue weighted by Crippen LogP contribution is -2.08. The quantitative estimate of drug-likeness (QED) is 0.804. The van der Waals surface area contributed by atoms with E-state index in [4.69, 9.17) is 16.3 Å². The van der Waals surface area contributed by atoms with Crippen molar-refractivity contribution >= 4 is 11.6 Å². The molecule has 0 fully saturated rings. The van der Waals surface area contributed by atoms with Crippen LogP contribution in [0, 0.1) is 0 Å². The van der Waals surface area contributed by atoms with Gasteiger partial charge in [-0.15, -0.1) is 0 Å². The number of nitrogens with zero attached hydrogens (tertiary/aromatic N) is 2. The maximum atomic E-state index is 12.5. The Morgan fingerprint density at radius 2 is 1.90 bits per heavy atom. The van der Waals surface area contributed by atoms with Gasteiger partial charge in [0, 0.05) is 12.0 Å². The topological polar surface area (TPSA) is 27.1 Å². The van der Waals surface area contributed by atoms with E-state index in [-0.39, 0.29) is 0 Å². The molecule has 3 rings (SSSR count). The van der Waals surface area contributed by atoms with Gasteiger partial charge in [0.1, 0.15) is 5.15 Å². The van der Waals surface area contributed by atoms with Crippen LogP contribution in [0.4, 0.5) is 13.2 Å². The summed E-state index contributed by atoms with van der Waals surface area (Å²) in [6, 6.07) is 4.74. The number of hydrogen-bond acceptors (Lipinski definition) is 2. The van der Waals surface area contributed by atoms with Crippen molar-refractivity contribution in [2.24, 2.45) is 0 Å². The largest absolute Gasteiger partial charge is 0.416 e. The van der Waals surface area contributed by atoms with E-state index in [2.05, 4.69) is 5.10 Å². The fourth-order valence-electron chi connectivity index (χ4n) is 2.12. The Morgan fingerprint density at radius 1 is 1.20 bits per heavy atom. The number of halogens is 4. The van der Waals surface area contributed by atoms with Gasteiger partial charge in [-0.05, 0) is 24.3 Å². The Kier molecular flexibility index (Phi) is 3.22. The number of aromatic nitrogens is 2. The molecule has 0 saturated heterocycles. The molecule has 1 aliphatic rings. The van der Waals surface area contributed by atoms with E-state index in [9.17, 15) is 13.2 Å². The Hall–Kier alpha value is -1.53. The standard InChI is InChI=1S/C13H10ClF3N2O/c14-12-10-7-20-6-5-11(10)18-19(12)9-3-1-8(2-4-9)13(15,16)17/h1-4H,5-7H2. The van der Waals surface area contributed by atoms with Gasteiger partial charge in [-0.3, -0.25) is 0 Å². The molecular formula is C13H10ClF3N2O. The van der Waals surface area contributed by atoms with Gasteiger partial charge in [0.15, 0.2) is 0 Å². The lowest BCUT2D eigenvalue weighted by atomic mass is 10.2. The molecule has 3 nitrogen and oxygen atoms in total. The molecule has 2 aromatic rings. The molecule has 106 valence electrons. The summed E-state index contributed by atoms with van der Waals surface area (Å²) in [5.74, 6) is 0. The highest BCUT2D eigenvalue weighted by Gasteiger charge is 2.30. The zero-order valence-corrected chi connectivity index (χ0v) is 11.0. The fraction of sp³-hybridized carbons (Fsp3) is 0.308. The van der Waals surface area contributed by atoms with Crippen LogP contribution in [0.2, 0.25) is 5.15 Å².